The number of fused-ring (bicyclic) bond motifs is 1. The summed E-state index contributed by atoms with van der Waals surface area (Å²) in [6.45, 7) is 1.35. The number of benzene rings is 1. The molecule has 3 rings (SSSR count). The van der Waals surface area contributed by atoms with Gasteiger partial charge in [-0.1, -0.05) is 12.1 Å². The van der Waals surface area contributed by atoms with E-state index in [9.17, 15) is 9.59 Å². The zero-order chi connectivity index (χ0) is 15.7. The van der Waals surface area contributed by atoms with Gasteiger partial charge >= 0.3 is 0 Å². The lowest BCUT2D eigenvalue weighted by Gasteiger charge is -2.30. The molecule has 0 aliphatic carbocycles. The first-order valence-corrected chi connectivity index (χ1v) is 7.42. The standard InChI is InChI=1S/C16H20N2O4/c1-17-8-11(7-15(17)19)16(20)18(2)9-12-10-21-13-5-3-4-6-14(13)22-12/h3-6,11-12H,7-10H2,1-2H3. The van der Waals surface area contributed by atoms with E-state index in [1.54, 1.807) is 23.9 Å². The van der Waals surface area contributed by atoms with Crippen molar-refractivity contribution in [2.75, 3.05) is 33.8 Å². The van der Waals surface area contributed by atoms with E-state index in [1.165, 1.54) is 0 Å². The first-order valence-electron chi connectivity index (χ1n) is 7.42. The predicted molar refractivity (Wildman–Crippen MR) is 79.7 cm³/mol. The minimum Gasteiger partial charge on any atom is -0.486 e. The van der Waals surface area contributed by atoms with Crippen molar-refractivity contribution in [2.45, 2.75) is 12.5 Å². The molecule has 22 heavy (non-hydrogen) atoms. The summed E-state index contributed by atoms with van der Waals surface area (Å²) in [5, 5.41) is 0. The van der Waals surface area contributed by atoms with Crippen molar-refractivity contribution >= 4 is 11.8 Å². The summed E-state index contributed by atoms with van der Waals surface area (Å²) in [5.74, 6) is 1.20. The van der Waals surface area contributed by atoms with Gasteiger partial charge < -0.3 is 19.3 Å². The number of para-hydroxylation sites is 2. The molecule has 1 saturated heterocycles. The highest BCUT2D eigenvalue weighted by atomic mass is 16.6. The van der Waals surface area contributed by atoms with Crippen LogP contribution in [0.3, 0.4) is 0 Å². The maximum absolute atomic E-state index is 12.4. The first kappa shape index (κ1) is 14.7. The van der Waals surface area contributed by atoms with Crippen LogP contribution in [0.4, 0.5) is 0 Å². The van der Waals surface area contributed by atoms with Crippen molar-refractivity contribution in [1.82, 2.24) is 9.80 Å². The maximum Gasteiger partial charge on any atom is 0.227 e. The van der Waals surface area contributed by atoms with Gasteiger partial charge in [-0.3, -0.25) is 9.59 Å². The third-order valence-corrected chi connectivity index (χ3v) is 4.11. The number of nitrogens with zero attached hydrogens (tertiary/aromatic N) is 2. The number of carbonyl (C=O) groups is 2. The second kappa shape index (κ2) is 5.87. The Balaban J connectivity index is 1.57. The Morgan fingerprint density at radius 2 is 2.09 bits per heavy atom. The van der Waals surface area contributed by atoms with E-state index < -0.39 is 0 Å². The van der Waals surface area contributed by atoms with Gasteiger partial charge in [0, 0.05) is 27.1 Å². The van der Waals surface area contributed by atoms with Crippen LogP contribution < -0.4 is 9.47 Å². The van der Waals surface area contributed by atoms with Crippen LogP contribution in [-0.4, -0.2) is 61.5 Å². The van der Waals surface area contributed by atoms with Gasteiger partial charge in [0.15, 0.2) is 17.6 Å². The molecule has 0 radical (unpaired) electrons. The highest BCUT2D eigenvalue weighted by Crippen LogP contribution is 2.31. The lowest BCUT2D eigenvalue weighted by atomic mass is 10.1. The van der Waals surface area contributed by atoms with Gasteiger partial charge in [0.2, 0.25) is 11.8 Å². The predicted octanol–water partition coefficient (Wildman–Crippen LogP) is 0.763. The Kier molecular flexibility index (Phi) is 3.92. The van der Waals surface area contributed by atoms with Crippen LogP contribution in [0.25, 0.3) is 0 Å². The molecule has 1 aromatic carbocycles. The number of rotatable bonds is 3. The number of likely N-dealkylation sites (N-methyl/N-ethyl adjacent to an activating group) is 1. The number of likely N-dealkylation sites (tertiary alicyclic amines) is 1. The Labute approximate surface area is 129 Å². The molecule has 2 aliphatic heterocycles. The summed E-state index contributed by atoms with van der Waals surface area (Å²) in [6.07, 6.45) is 0.100. The molecular formula is C16H20N2O4. The van der Waals surface area contributed by atoms with E-state index >= 15 is 0 Å². The van der Waals surface area contributed by atoms with Crippen LogP contribution in [-0.2, 0) is 9.59 Å². The third kappa shape index (κ3) is 2.86. The molecular weight excluding hydrogens is 284 g/mol. The van der Waals surface area contributed by atoms with Gasteiger partial charge in [-0.25, -0.2) is 0 Å². The zero-order valence-electron chi connectivity index (χ0n) is 12.8. The van der Waals surface area contributed by atoms with Gasteiger partial charge in [0.05, 0.1) is 12.5 Å². The molecule has 2 amide bonds. The maximum atomic E-state index is 12.4. The van der Waals surface area contributed by atoms with Gasteiger partial charge in [0.25, 0.3) is 0 Å². The Morgan fingerprint density at radius 3 is 2.77 bits per heavy atom. The van der Waals surface area contributed by atoms with E-state index in [0.29, 0.717) is 31.9 Å². The van der Waals surface area contributed by atoms with Crippen molar-refractivity contribution in [3.63, 3.8) is 0 Å². The molecule has 2 aliphatic rings. The summed E-state index contributed by atoms with van der Waals surface area (Å²) in [6, 6.07) is 7.50. The molecule has 6 heteroatoms. The molecule has 0 bridgehead atoms. The van der Waals surface area contributed by atoms with Crippen LogP contribution in [0.15, 0.2) is 24.3 Å². The van der Waals surface area contributed by atoms with E-state index in [0.717, 1.165) is 5.75 Å². The van der Waals surface area contributed by atoms with Gasteiger partial charge in [-0.2, -0.15) is 0 Å². The van der Waals surface area contributed by atoms with Crippen LogP contribution in [0.1, 0.15) is 6.42 Å². The fourth-order valence-electron chi connectivity index (χ4n) is 2.89. The third-order valence-electron chi connectivity index (χ3n) is 4.11. The van der Waals surface area contributed by atoms with Crippen LogP contribution in [0.2, 0.25) is 0 Å². The highest BCUT2D eigenvalue weighted by molar-refractivity contribution is 5.89. The Morgan fingerprint density at radius 1 is 1.36 bits per heavy atom. The minimum atomic E-state index is -0.251. The Hall–Kier alpha value is -2.24. The molecule has 2 unspecified atom stereocenters. The number of carbonyl (C=O) groups excluding carboxylic acids is 2. The van der Waals surface area contributed by atoms with Gasteiger partial charge in [0.1, 0.15) is 6.61 Å². The second-order valence-electron chi connectivity index (χ2n) is 5.89. The molecule has 1 aromatic rings. The molecule has 0 saturated carbocycles. The molecule has 6 nitrogen and oxygen atoms in total. The fraction of sp³-hybridized carbons (Fsp3) is 0.500. The quantitative estimate of drug-likeness (QED) is 0.827. The van der Waals surface area contributed by atoms with E-state index in [2.05, 4.69) is 0 Å². The lowest BCUT2D eigenvalue weighted by molar-refractivity contribution is -0.135. The number of hydrogen-bond donors (Lipinski definition) is 0. The monoisotopic (exact) mass is 304 g/mol. The van der Waals surface area contributed by atoms with Crippen molar-refractivity contribution in [1.29, 1.82) is 0 Å². The Bertz CT molecular complexity index is 589. The van der Waals surface area contributed by atoms with E-state index in [4.69, 9.17) is 9.47 Å². The normalized spacial score (nSPS) is 23.5. The van der Waals surface area contributed by atoms with Crippen LogP contribution >= 0.6 is 0 Å². The van der Waals surface area contributed by atoms with Crippen LogP contribution in [0, 0.1) is 5.92 Å². The summed E-state index contributed by atoms with van der Waals surface area (Å²) in [7, 11) is 3.47. The summed E-state index contributed by atoms with van der Waals surface area (Å²) in [4.78, 5) is 27.2. The number of ether oxygens (including phenoxy) is 2. The molecule has 0 spiro atoms. The average Bonchev–Trinajstić information content (AvgIpc) is 2.85. The number of amides is 2. The van der Waals surface area contributed by atoms with E-state index in [-0.39, 0.29) is 23.8 Å². The molecule has 2 atom stereocenters. The van der Waals surface area contributed by atoms with Crippen molar-refractivity contribution < 1.29 is 19.1 Å². The zero-order valence-corrected chi connectivity index (χ0v) is 12.8. The molecule has 0 aromatic heterocycles. The topological polar surface area (TPSA) is 59.1 Å². The second-order valence-corrected chi connectivity index (χ2v) is 5.89. The van der Waals surface area contributed by atoms with Gasteiger partial charge in [-0.15, -0.1) is 0 Å². The van der Waals surface area contributed by atoms with Crippen molar-refractivity contribution in [3.8, 4) is 11.5 Å². The molecule has 1 fully saturated rings. The summed E-state index contributed by atoms with van der Waals surface area (Å²) in [5.41, 5.74) is 0. The largest absolute Gasteiger partial charge is 0.486 e. The molecule has 0 N–H and O–H groups in total. The van der Waals surface area contributed by atoms with Crippen LogP contribution in [0.5, 0.6) is 11.5 Å². The summed E-state index contributed by atoms with van der Waals surface area (Å²) >= 11 is 0. The fourth-order valence-corrected chi connectivity index (χ4v) is 2.89. The lowest BCUT2D eigenvalue weighted by Crippen LogP contribution is -2.44. The number of hydrogen-bond acceptors (Lipinski definition) is 4. The highest BCUT2D eigenvalue weighted by Gasteiger charge is 2.34. The molecule has 2 heterocycles. The molecule has 118 valence electrons. The van der Waals surface area contributed by atoms with Gasteiger partial charge in [-0.05, 0) is 12.1 Å². The minimum absolute atomic E-state index is 0.0137. The first-order chi connectivity index (χ1) is 10.5. The smallest absolute Gasteiger partial charge is 0.227 e. The SMILES string of the molecule is CN1CC(C(=O)N(C)CC2COc3ccccc3O2)CC1=O. The van der Waals surface area contributed by atoms with Crippen molar-refractivity contribution in [3.05, 3.63) is 24.3 Å². The van der Waals surface area contributed by atoms with E-state index in [1.807, 2.05) is 24.3 Å². The van der Waals surface area contributed by atoms with Crippen molar-refractivity contribution in [2.24, 2.45) is 5.92 Å². The summed E-state index contributed by atoms with van der Waals surface area (Å²) < 4.78 is 11.5. The average molecular weight is 304 g/mol.